The standard InChI is InChI=1S/C20H26N2O4S/c1-15-6-9-27-19(15)13-22(20(23)11-21-7-3-8-24-2)12-16-4-5-17-18(10-16)26-14-25-17/h4-6,9-10,21H,3,7-8,11-14H2,1-2H3/p+1. The van der Waals surface area contributed by atoms with Gasteiger partial charge < -0.3 is 24.4 Å². The van der Waals surface area contributed by atoms with E-state index in [9.17, 15) is 4.79 Å². The fraction of sp³-hybridized carbons (Fsp3) is 0.450. The van der Waals surface area contributed by atoms with Gasteiger partial charge >= 0.3 is 0 Å². The molecule has 0 aliphatic carbocycles. The number of ether oxygens (including phenoxy) is 3. The molecular formula is C20H27N2O4S+. The first-order chi connectivity index (χ1) is 13.2. The van der Waals surface area contributed by atoms with Crippen LogP contribution in [-0.2, 0) is 22.6 Å². The van der Waals surface area contributed by atoms with Gasteiger partial charge in [-0.15, -0.1) is 11.3 Å². The predicted octanol–water partition coefficient (Wildman–Crippen LogP) is 1.91. The van der Waals surface area contributed by atoms with E-state index in [-0.39, 0.29) is 12.7 Å². The van der Waals surface area contributed by atoms with Crippen molar-refractivity contribution in [3.63, 3.8) is 0 Å². The lowest BCUT2D eigenvalue weighted by atomic mass is 10.1. The van der Waals surface area contributed by atoms with Gasteiger partial charge in [-0.05, 0) is 41.6 Å². The van der Waals surface area contributed by atoms with Gasteiger partial charge in [0.2, 0.25) is 6.79 Å². The van der Waals surface area contributed by atoms with E-state index < -0.39 is 0 Å². The number of carbonyl (C=O) groups excluding carboxylic acids is 1. The van der Waals surface area contributed by atoms with Crippen molar-refractivity contribution in [1.29, 1.82) is 0 Å². The van der Waals surface area contributed by atoms with E-state index in [4.69, 9.17) is 14.2 Å². The molecule has 6 nitrogen and oxygen atoms in total. The van der Waals surface area contributed by atoms with E-state index >= 15 is 0 Å². The second-order valence-electron chi connectivity index (χ2n) is 6.59. The zero-order chi connectivity index (χ0) is 19.1. The largest absolute Gasteiger partial charge is 0.454 e. The van der Waals surface area contributed by atoms with Crippen molar-refractivity contribution in [1.82, 2.24) is 4.90 Å². The molecule has 1 aromatic heterocycles. The van der Waals surface area contributed by atoms with E-state index in [1.807, 2.05) is 23.1 Å². The van der Waals surface area contributed by atoms with Gasteiger partial charge in [-0.25, -0.2) is 0 Å². The summed E-state index contributed by atoms with van der Waals surface area (Å²) in [4.78, 5) is 16.0. The molecule has 2 heterocycles. The molecule has 2 aromatic rings. The SMILES string of the molecule is COCCC[NH2+]CC(=O)N(Cc1ccc2c(c1)OCO2)Cc1sccc1C. The number of benzene rings is 1. The number of nitrogens with zero attached hydrogens (tertiary/aromatic N) is 1. The number of thiophene rings is 1. The molecule has 146 valence electrons. The summed E-state index contributed by atoms with van der Waals surface area (Å²) < 4.78 is 15.9. The van der Waals surface area contributed by atoms with E-state index in [1.54, 1.807) is 18.4 Å². The van der Waals surface area contributed by atoms with E-state index in [1.165, 1.54) is 10.4 Å². The first-order valence-corrected chi connectivity index (χ1v) is 10.0. The van der Waals surface area contributed by atoms with Crippen LogP contribution in [0, 0.1) is 6.92 Å². The molecule has 3 rings (SSSR count). The van der Waals surface area contributed by atoms with Crippen LogP contribution in [-0.4, -0.2) is 44.4 Å². The monoisotopic (exact) mass is 391 g/mol. The minimum atomic E-state index is 0.137. The Kier molecular flexibility index (Phi) is 7.09. The average molecular weight is 392 g/mol. The fourth-order valence-electron chi connectivity index (χ4n) is 2.96. The molecule has 0 atom stereocenters. The van der Waals surface area contributed by atoms with Gasteiger partial charge in [0, 0.05) is 25.0 Å². The minimum absolute atomic E-state index is 0.137. The molecule has 1 amide bonds. The highest BCUT2D eigenvalue weighted by atomic mass is 32.1. The van der Waals surface area contributed by atoms with Gasteiger partial charge in [-0.3, -0.25) is 4.79 Å². The lowest BCUT2D eigenvalue weighted by molar-refractivity contribution is -0.645. The van der Waals surface area contributed by atoms with E-state index in [0.29, 0.717) is 19.6 Å². The predicted molar refractivity (Wildman–Crippen MR) is 104 cm³/mol. The number of aryl methyl sites for hydroxylation is 1. The second kappa shape index (κ2) is 9.73. The quantitative estimate of drug-likeness (QED) is 0.629. The van der Waals surface area contributed by atoms with Crippen molar-refractivity contribution in [2.45, 2.75) is 26.4 Å². The summed E-state index contributed by atoms with van der Waals surface area (Å²) in [6.45, 7) is 5.58. The molecule has 0 spiro atoms. The summed E-state index contributed by atoms with van der Waals surface area (Å²) in [6.07, 6.45) is 0.940. The van der Waals surface area contributed by atoms with E-state index in [0.717, 1.165) is 36.6 Å². The molecule has 7 heteroatoms. The third-order valence-corrected chi connectivity index (χ3v) is 5.55. The highest BCUT2D eigenvalue weighted by Gasteiger charge is 2.20. The summed E-state index contributed by atoms with van der Waals surface area (Å²) >= 11 is 1.70. The van der Waals surface area contributed by atoms with Crippen LogP contribution in [0.15, 0.2) is 29.6 Å². The van der Waals surface area contributed by atoms with Crippen molar-refractivity contribution >= 4 is 17.2 Å². The second-order valence-corrected chi connectivity index (χ2v) is 7.59. The Hall–Kier alpha value is -2.09. The number of rotatable bonds is 10. The summed E-state index contributed by atoms with van der Waals surface area (Å²) in [6, 6.07) is 7.97. The summed E-state index contributed by atoms with van der Waals surface area (Å²) in [5.74, 6) is 1.65. The molecule has 1 aliphatic heterocycles. The van der Waals surface area contributed by atoms with Crippen LogP contribution < -0.4 is 14.8 Å². The molecule has 1 aliphatic rings. The molecule has 0 bridgehead atoms. The van der Waals surface area contributed by atoms with Crippen LogP contribution in [0.1, 0.15) is 22.4 Å². The number of methoxy groups -OCH3 is 1. The Bertz CT molecular complexity index is 762. The topological polar surface area (TPSA) is 64.6 Å². The number of amides is 1. The van der Waals surface area contributed by atoms with Crippen molar-refractivity contribution in [2.75, 3.05) is 33.6 Å². The zero-order valence-corrected chi connectivity index (χ0v) is 16.7. The number of quaternary nitrogens is 1. The Labute approximate surface area is 164 Å². The van der Waals surface area contributed by atoms with Crippen molar-refractivity contribution < 1.29 is 24.3 Å². The lowest BCUT2D eigenvalue weighted by Gasteiger charge is -2.22. The highest BCUT2D eigenvalue weighted by molar-refractivity contribution is 7.10. The molecule has 27 heavy (non-hydrogen) atoms. The summed E-state index contributed by atoms with van der Waals surface area (Å²) in [5, 5.41) is 4.13. The Morgan fingerprint density at radius 1 is 1.26 bits per heavy atom. The molecule has 0 radical (unpaired) electrons. The van der Waals surface area contributed by atoms with Crippen molar-refractivity contribution in [2.24, 2.45) is 0 Å². The van der Waals surface area contributed by atoms with Gasteiger partial charge in [-0.2, -0.15) is 0 Å². The van der Waals surface area contributed by atoms with Crippen LogP contribution in [0.25, 0.3) is 0 Å². The average Bonchev–Trinajstić information content (AvgIpc) is 3.29. The smallest absolute Gasteiger partial charge is 0.278 e. The van der Waals surface area contributed by atoms with Crippen LogP contribution >= 0.6 is 11.3 Å². The molecule has 1 aromatic carbocycles. The van der Waals surface area contributed by atoms with Crippen LogP contribution in [0.5, 0.6) is 11.5 Å². The van der Waals surface area contributed by atoms with Gasteiger partial charge in [0.1, 0.15) is 0 Å². The van der Waals surface area contributed by atoms with Crippen LogP contribution in [0.4, 0.5) is 0 Å². The minimum Gasteiger partial charge on any atom is -0.454 e. The van der Waals surface area contributed by atoms with Gasteiger partial charge in [0.25, 0.3) is 5.91 Å². The number of nitrogens with two attached hydrogens (primary N) is 1. The maximum Gasteiger partial charge on any atom is 0.278 e. The van der Waals surface area contributed by atoms with Crippen LogP contribution in [0.2, 0.25) is 0 Å². The number of hydrogen-bond acceptors (Lipinski definition) is 5. The van der Waals surface area contributed by atoms with Gasteiger partial charge in [0.15, 0.2) is 18.0 Å². The molecule has 2 N–H and O–H groups in total. The fourth-order valence-corrected chi connectivity index (χ4v) is 3.88. The molecule has 0 unspecified atom stereocenters. The zero-order valence-electron chi connectivity index (χ0n) is 15.9. The third kappa shape index (κ3) is 5.45. The van der Waals surface area contributed by atoms with Crippen LogP contribution in [0.3, 0.4) is 0 Å². The summed E-state index contributed by atoms with van der Waals surface area (Å²) in [7, 11) is 1.70. The number of carbonyl (C=O) groups is 1. The van der Waals surface area contributed by atoms with Crippen molar-refractivity contribution in [3.05, 3.63) is 45.6 Å². The molecule has 0 fully saturated rings. The number of hydrogen-bond donors (Lipinski definition) is 1. The third-order valence-electron chi connectivity index (χ3n) is 4.54. The maximum atomic E-state index is 12.9. The number of fused-ring (bicyclic) bond motifs is 1. The maximum absolute atomic E-state index is 12.9. The highest BCUT2D eigenvalue weighted by Crippen LogP contribution is 2.33. The summed E-state index contributed by atoms with van der Waals surface area (Å²) in [5.41, 5.74) is 2.27. The molecule has 0 saturated heterocycles. The van der Waals surface area contributed by atoms with Gasteiger partial charge in [-0.1, -0.05) is 6.07 Å². The Balaban J connectivity index is 1.65. The van der Waals surface area contributed by atoms with Crippen molar-refractivity contribution in [3.8, 4) is 11.5 Å². The first-order valence-electron chi connectivity index (χ1n) is 9.17. The molecular weight excluding hydrogens is 364 g/mol. The first kappa shape index (κ1) is 19.7. The normalized spacial score (nSPS) is 12.4. The van der Waals surface area contributed by atoms with E-state index in [2.05, 4.69) is 23.7 Å². The molecule has 0 saturated carbocycles. The Morgan fingerprint density at radius 2 is 2.11 bits per heavy atom. The lowest BCUT2D eigenvalue weighted by Crippen LogP contribution is -2.86. The Morgan fingerprint density at radius 3 is 2.89 bits per heavy atom. The van der Waals surface area contributed by atoms with Gasteiger partial charge in [0.05, 0.1) is 19.7 Å².